The Bertz CT molecular complexity index is 572. The van der Waals surface area contributed by atoms with Gasteiger partial charge in [-0.2, -0.15) is 5.10 Å². The van der Waals surface area contributed by atoms with Crippen molar-refractivity contribution in [2.45, 2.75) is 50.7 Å². The molecule has 2 fully saturated rings. The largest absolute Gasteiger partial charge is 0.383 e. The van der Waals surface area contributed by atoms with Gasteiger partial charge >= 0.3 is 6.03 Å². The van der Waals surface area contributed by atoms with E-state index in [1.54, 1.807) is 19.5 Å². The lowest BCUT2D eigenvalue weighted by Crippen LogP contribution is -2.46. The smallest absolute Gasteiger partial charge is 0.322 e. The average Bonchev–Trinajstić information content (AvgIpc) is 3.09. The van der Waals surface area contributed by atoms with Gasteiger partial charge in [-0.15, -0.1) is 0 Å². The summed E-state index contributed by atoms with van der Waals surface area (Å²) in [5.41, 5.74) is 0.620. The molecule has 2 N–H and O–H groups in total. The van der Waals surface area contributed by atoms with Gasteiger partial charge in [0.25, 0.3) is 0 Å². The highest BCUT2D eigenvalue weighted by atomic mass is 16.5. The average molecular weight is 335 g/mol. The molecule has 0 saturated carbocycles. The highest BCUT2D eigenvalue weighted by Gasteiger charge is 2.39. The first-order valence-corrected chi connectivity index (χ1v) is 8.55. The first-order valence-electron chi connectivity index (χ1n) is 8.55. The molecule has 2 unspecified atom stereocenters. The third-order valence-electron chi connectivity index (χ3n) is 4.75. The Kier molecular flexibility index (Phi) is 5.34. The second kappa shape index (κ2) is 7.65. The predicted octanol–water partition coefficient (Wildman–Crippen LogP) is 1.19. The van der Waals surface area contributed by atoms with E-state index >= 15 is 0 Å². The van der Waals surface area contributed by atoms with Crippen LogP contribution in [0.4, 0.5) is 10.5 Å². The highest BCUT2D eigenvalue weighted by Crippen LogP contribution is 2.35. The van der Waals surface area contributed by atoms with Crippen molar-refractivity contribution in [3.8, 4) is 0 Å². The Hall–Kier alpha value is -2.09. The minimum absolute atomic E-state index is 0.0497. The Morgan fingerprint density at radius 1 is 1.29 bits per heavy atom. The number of piperidine rings is 1. The first-order chi connectivity index (χ1) is 11.7. The Morgan fingerprint density at radius 2 is 2.04 bits per heavy atom. The van der Waals surface area contributed by atoms with Crippen LogP contribution in [-0.2, 0) is 16.1 Å². The number of nitrogens with zero attached hydrogens (tertiary/aromatic N) is 3. The van der Waals surface area contributed by atoms with Gasteiger partial charge in [-0.25, -0.2) is 4.79 Å². The van der Waals surface area contributed by atoms with E-state index in [1.165, 1.54) is 11.1 Å². The van der Waals surface area contributed by atoms with Gasteiger partial charge in [0, 0.05) is 31.9 Å². The van der Waals surface area contributed by atoms with Gasteiger partial charge in [-0.1, -0.05) is 0 Å². The SMILES string of the molecule is COCCNC(=O)Cn1cc(NC(=O)N2C3CCCC2CC3)cn1. The van der Waals surface area contributed by atoms with Crippen LogP contribution in [-0.4, -0.2) is 59.0 Å². The van der Waals surface area contributed by atoms with Gasteiger partial charge < -0.3 is 20.3 Å². The van der Waals surface area contributed by atoms with Crippen molar-refractivity contribution in [2.24, 2.45) is 0 Å². The second-order valence-electron chi connectivity index (χ2n) is 6.42. The fourth-order valence-corrected chi connectivity index (χ4v) is 3.65. The van der Waals surface area contributed by atoms with Gasteiger partial charge in [0.15, 0.2) is 0 Å². The molecular weight excluding hydrogens is 310 g/mol. The standard InChI is InChI=1S/C16H25N5O3/c1-24-8-7-17-15(22)11-20-10-12(9-18-20)19-16(23)21-13-3-2-4-14(21)6-5-13/h9-10,13-14H,2-8,11H2,1H3,(H,17,22)(H,19,23). The van der Waals surface area contributed by atoms with E-state index in [0.29, 0.717) is 30.9 Å². The fraction of sp³-hybridized carbons (Fsp3) is 0.688. The molecule has 2 atom stereocenters. The molecule has 3 heterocycles. The van der Waals surface area contributed by atoms with Crippen LogP contribution < -0.4 is 10.6 Å². The summed E-state index contributed by atoms with van der Waals surface area (Å²) in [5.74, 6) is -0.137. The maximum Gasteiger partial charge on any atom is 0.322 e. The van der Waals surface area contributed by atoms with E-state index in [0.717, 1.165) is 25.7 Å². The van der Waals surface area contributed by atoms with Crippen LogP contribution in [0.3, 0.4) is 0 Å². The van der Waals surface area contributed by atoms with Crippen LogP contribution in [0, 0.1) is 0 Å². The van der Waals surface area contributed by atoms with E-state index in [2.05, 4.69) is 15.7 Å². The van der Waals surface area contributed by atoms with Crippen molar-refractivity contribution in [2.75, 3.05) is 25.6 Å². The topological polar surface area (TPSA) is 88.5 Å². The van der Waals surface area contributed by atoms with Crippen LogP contribution >= 0.6 is 0 Å². The maximum atomic E-state index is 12.5. The lowest BCUT2D eigenvalue weighted by molar-refractivity contribution is -0.122. The maximum absolute atomic E-state index is 12.5. The van der Waals surface area contributed by atoms with Gasteiger partial charge in [-0.3, -0.25) is 9.48 Å². The van der Waals surface area contributed by atoms with Gasteiger partial charge in [0.05, 0.1) is 18.5 Å². The quantitative estimate of drug-likeness (QED) is 0.765. The Morgan fingerprint density at radius 3 is 2.75 bits per heavy atom. The number of amides is 3. The highest BCUT2D eigenvalue weighted by molar-refractivity contribution is 5.89. The molecule has 2 aliphatic heterocycles. The molecule has 1 aromatic rings. The van der Waals surface area contributed by atoms with Gasteiger partial charge in [0.2, 0.25) is 5.91 Å². The summed E-state index contributed by atoms with van der Waals surface area (Å²) in [6.45, 7) is 1.07. The lowest BCUT2D eigenvalue weighted by atomic mass is 10.0. The van der Waals surface area contributed by atoms with Crippen LogP contribution in [0.1, 0.15) is 32.1 Å². The van der Waals surface area contributed by atoms with Crippen molar-refractivity contribution in [1.82, 2.24) is 20.0 Å². The molecule has 0 spiro atoms. The number of aromatic nitrogens is 2. The third-order valence-corrected chi connectivity index (χ3v) is 4.75. The molecule has 2 bridgehead atoms. The number of fused-ring (bicyclic) bond motifs is 2. The molecule has 8 heteroatoms. The van der Waals surface area contributed by atoms with Gasteiger partial charge in [-0.05, 0) is 32.1 Å². The minimum Gasteiger partial charge on any atom is -0.383 e. The predicted molar refractivity (Wildman–Crippen MR) is 88.6 cm³/mol. The molecule has 1 aromatic heterocycles. The first kappa shape index (κ1) is 16.8. The molecule has 3 rings (SSSR count). The third kappa shape index (κ3) is 3.87. The van der Waals surface area contributed by atoms with Crippen molar-refractivity contribution in [1.29, 1.82) is 0 Å². The van der Waals surface area contributed by atoms with E-state index in [4.69, 9.17) is 4.74 Å². The zero-order valence-corrected chi connectivity index (χ0v) is 14.0. The molecule has 0 aromatic carbocycles. The molecule has 0 radical (unpaired) electrons. The summed E-state index contributed by atoms with van der Waals surface area (Å²) in [6, 6.07) is 0.710. The zero-order chi connectivity index (χ0) is 16.9. The monoisotopic (exact) mass is 335 g/mol. The van der Waals surface area contributed by atoms with Crippen molar-refractivity contribution >= 4 is 17.6 Å². The molecule has 132 valence electrons. The number of urea groups is 1. The normalized spacial score (nSPS) is 22.5. The molecule has 0 aliphatic carbocycles. The van der Waals surface area contributed by atoms with Crippen molar-refractivity contribution in [3.05, 3.63) is 12.4 Å². The van der Waals surface area contributed by atoms with Crippen molar-refractivity contribution in [3.63, 3.8) is 0 Å². The molecule has 3 amide bonds. The summed E-state index contributed by atoms with van der Waals surface area (Å²) in [4.78, 5) is 26.3. The summed E-state index contributed by atoms with van der Waals surface area (Å²) in [7, 11) is 1.59. The summed E-state index contributed by atoms with van der Waals surface area (Å²) in [5, 5.41) is 9.77. The molecule has 24 heavy (non-hydrogen) atoms. The summed E-state index contributed by atoms with van der Waals surface area (Å²) in [6.07, 6.45) is 8.90. The lowest BCUT2D eigenvalue weighted by Gasteiger charge is -2.34. The number of hydrogen-bond acceptors (Lipinski definition) is 4. The summed E-state index contributed by atoms with van der Waals surface area (Å²) >= 11 is 0. The number of ether oxygens (including phenoxy) is 1. The molecule has 8 nitrogen and oxygen atoms in total. The van der Waals surface area contributed by atoms with E-state index < -0.39 is 0 Å². The van der Waals surface area contributed by atoms with Crippen LogP contribution in [0.15, 0.2) is 12.4 Å². The number of hydrogen-bond donors (Lipinski definition) is 2. The second-order valence-corrected chi connectivity index (χ2v) is 6.42. The van der Waals surface area contributed by atoms with Crippen LogP contribution in [0.5, 0.6) is 0 Å². The van der Waals surface area contributed by atoms with Crippen molar-refractivity contribution < 1.29 is 14.3 Å². The number of nitrogens with one attached hydrogen (secondary N) is 2. The Balaban J connectivity index is 1.50. The van der Waals surface area contributed by atoms with Gasteiger partial charge in [0.1, 0.15) is 6.54 Å². The van der Waals surface area contributed by atoms with E-state index in [9.17, 15) is 9.59 Å². The minimum atomic E-state index is -0.137. The van der Waals surface area contributed by atoms with E-state index in [1.807, 2.05) is 4.90 Å². The summed E-state index contributed by atoms with van der Waals surface area (Å²) < 4.78 is 6.40. The Labute approximate surface area is 141 Å². The number of rotatable bonds is 6. The number of carbonyl (C=O) groups is 2. The van der Waals surface area contributed by atoms with E-state index in [-0.39, 0.29) is 18.5 Å². The molecule has 2 aliphatic rings. The number of anilines is 1. The fourth-order valence-electron chi connectivity index (χ4n) is 3.65. The van der Waals surface area contributed by atoms with Crippen LogP contribution in [0.2, 0.25) is 0 Å². The molecular formula is C16H25N5O3. The van der Waals surface area contributed by atoms with Crippen LogP contribution in [0.25, 0.3) is 0 Å². The number of carbonyl (C=O) groups excluding carboxylic acids is 2. The zero-order valence-electron chi connectivity index (χ0n) is 14.0. The molecule has 2 saturated heterocycles. The number of methoxy groups -OCH3 is 1.